The maximum absolute atomic E-state index is 12.6. The third-order valence-corrected chi connectivity index (χ3v) is 6.52. The number of amides is 1. The molecule has 2 aromatic rings. The highest BCUT2D eigenvalue weighted by Gasteiger charge is 2.31. The zero-order chi connectivity index (χ0) is 21.2. The molecule has 154 valence electrons. The molecule has 0 bridgehead atoms. The van der Waals surface area contributed by atoms with Gasteiger partial charge >= 0.3 is 0 Å². The molecule has 1 aliphatic heterocycles. The molecule has 0 saturated heterocycles. The normalized spacial score (nSPS) is 18.6. The van der Waals surface area contributed by atoms with Gasteiger partial charge in [0.1, 0.15) is 11.9 Å². The van der Waals surface area contributed by atoms with Crippen LogP contribution in [0.2, 0.25) is 0 Å². The van der Waals surface area contributed by atoms with Gasteiger partial charge in [0.15, 0.2) is 0 Å². The summed E-state index contributed by atoms with van der Waals surface area (Å²) in [6, 6.07) is 16.0. The number of aliphatic imine (C=N–C) groups is 1. The molecule has 1 amide bonds. The van der Waals surface area contributed by atoms with Gasteiger partial charge in [0.25, 0.3) is 10.0 Å². The van der Waals surface area contributed by atoms with Crippen LogP contribution in [0.3, 0.4) is 0 Å². The Hall–Kier alpha value is -2.67. The Morgan fingerprint density at radius 2 is 1.69 bits per heavy atom. The van der Waals surface area contributed by atoms with Gasteiger partial charge in [-0.05, 0) is 43.4 Å². The number of nitrogens with zero attached hydrogens (tertiary/aromatic N) is 1. The number of nitrogens with one attached hydrogen (secondary N) is 2. The van der Waals surface area contributed by atoms with Gasteiger partial charge in [0, 0.05) is 11.6 Å². The van der Waals surface area contributed by atoms with Gasteiger partial charge in [-0.25, -0.2) is 8.42 Å². The molecule has 2 N–H and O–H groups in total. The Kier molecular flexibility index (Phi) is 5.80. The van der Waals surface area contributed by atoms with E-state index in [9.17, 15) is 13.2 Å². The average molecular weight is 414 g/mol. The van der Waals surface area contributed by atoms with Crippen LogP contribution in [0.15, 0.2) is 64.5 Å². The summed E-state index contributed by atoms with van der Waals surface area (Å²) in [6.45, 7) is 7.93. The molecular formula is C22H27N3O3S. The van der Waals surface area contributed by atoms with Crippen molar-refractivity contribution in [2.24, 2.45) is 4.99 Å². The molecule has 1 aliphatic rings. The van der Waals surface area contributed by atoms with Crippen LogP contribution in [-0.4, -0.2) is 32.2 Å². The number of carbonyl (C=O) groups excluding carboxylic acids is 1. The number of sulfonamides is 1. The molecule has 0 fully saturated rings. The minimum Gasteiger partial charge on any atom is -0.352 e. The summed E-state index contributed by atoms with van der Waals surface area (Å²) in [7, 11) is -3.62. The van der Waals surface area contributed by atoms with Crippen LogP contribution in [0.5, 0.6) is 0 Å². The molecule has 3 rings (SSSR count). The number of amidine groups is 1. The Bertz CT molecular complexity index is 1030. The second-order valence-corrected chi connectivity index (χ2v) is 9.77. The van der Waals surface area contributed by atoms with Crippen LogP contribution in [-0.2, 0) is 20.2 Å². The summed E-state index contributed by atoms with van der Waals surface area (Å²) in [5, 5.41) is 3.00. The first-order valence-electron chi connectivity index (χ1n) is 9.66. The standard InChI is InChI=1S/C22H27N3O3S/c1-15(14-22(3,4)17-10-6-5-7-11-17)23-21(26)16(2)24-20-18-12-8-9-13-19(18)29(27,28)25-20/h5-13,15-16H,14H2,1-4H3,(H,23,26)(H,24,25)/t15?,16-/m0/s1. The van der Waals surface area contributed by atoms with Crippen molar-refractivity contribution in [3.63, 3.8) is 0 Å². The summed E-state index contributed by atoms with van der Waals surface area (Å²) in [5.41, 5.74) is 1.61. The SMILES string of the molecule is CC(CC(C)(C)c1ccccc1)NC(=O)[C@H](C)N=C1NS(=O)(=O)c2ccccc21. The van der Waals surface area contributed by atoms with Gasteiger partial charge in [-0.2, -0.15) is 0 Å². The van der Waals surface area contributed by atoms with Crippen molar-refractivity contribution < 1.29 is 13.2 Å². The molecular weight excluding hydrogens is 386 g/mol. The molecule has 29 heavy (non-hydrogen) atoms. The van der Waals surface area contributed by atoms with Crippen LogP contribution in [0.25, 0.3) is 0 Å². The maximum Gasteiger partial charge on any atom is 0.263 e. The van der Waals surface area contributed by atoms with E-state index < -0.39 is 16.1 Å². The average Bonchev–Trinajstić information content (AvgIpc) is 2.92. The zero-order valence-electron chi connectivity index (χ0n) is 17.1. The van der Waals surface area contributed by atoms with Crippen molar-refractivity contribution in [2.75, 3.05) is 0 Å². The minimum absolute atomic E-state index is 0.0621. The Morgan fingerprint density at radius 3 is 2.38 bits per heavy atom. The van der Waals surface area contributed by atoms with Crippen molar-refractivity contribution in [3.05, 3.63) is 65.7 Å². The van der Waals surface area contributed by atoms with E-state index in [2.05, 4.69) is 41.0 Å². The largest absolute Gasteiger partial charge is 0.352 e. The first-order chi connectivity index (χ1) is 13.6. The number of carbonyl (C=O) groups is 1. The quantitative estimate of drug-likeness (QED) is 0.763. The van der Waals surface area contributed by atoms with Crippen LogP contribution in [0, 0.1) is 0 Å². The van der Waals surface area contributed by atoms with Gasteiger partial charge in [-0.15, -0.1) is 0 Å². The summed E-state index contributed by atoms with van der Waals surface area (Å²) in [4.78, 5) is 17.2. The maximum atomic E-state index is 12.6. The fourth-order valence-corrected chi connectivity index (χ4v) is 4.91. The lowest BCUT2D eigenvalue weighted by molar-refractivity contribution is -0.122. The molecule has 0 radical (unpaired) electrons. The van der Waals surface area contributed by atoms with Crippen molar-refractivity contribution in [1.29, 1.82) is 0 Å². The predicted molar refractivity (Wildman–Crippen MR) is 114 cm³/mol. The fraction of sp³-hybridized carbons (Fsp3) is 0.364. The van der Waals surface area contributed by atoms with Crippen molar-refractivity contribution >= 4 is 21.8 Å². The number of fused-ring (bicyclic) bond motifs is 1. The molecule has 1 unspecified atom stereocenters. The van der Waals surface area contributed by atoms with Crippen LogP contribution >= 0.6 is 0 Å². The Labute approximate surface area is 172 Å². The lowest BCUT2D eigenvalue weighted by Gasteiger charge is -2.29. The smallest absolute Gasteiger partial charge is 0.263 e. The molecule has 2 aromatic carbocycles. The number of benzene rings is 2. The summed E-state index contributed by atoms with van der Waals surface area (Å²) in [6.07, 6.45) is 0.765. The fourth-order valence-electron chi connectivity index (χ4n) is 3.67. The van der Waals surface area contributed by atoms with E-state index in [0.717, 1.165) is 6.42 Å². The van der Waals surface area contributed by atoms with Gasteiger partial charge < -0.3 is 5.32 Å². The monoisotopic (exact) mass is 413 g/mol. The van der Waals surface area contributed by atoms with Crippen molar-refractivity contribution in [1.82, 2.24) is 10.0 Å². The van der Waals surface area contributed by atoms with E-state index in [-0.39, 0.29) is 28.1 Å². The first-order valence-corrected chi connectivity index (χ1v) is 11.1. The molecule has 0 saturated carbocycles. The highest BCUT2D eigenvalue weighted by molar-refractivity contribution is 7.90. The number of hydrogen-bond donors (Lipinski definition) is 2. The highest BCUT2D eigenvalue weighted by atomic mass is 32.2. The molecule has 0 aromatic heterocycles. The zero-order valence-corrected chi connectivity index (χ0v) is 18.0. The van der Waals surface area contributed by atoms with E-state index in [1.54, 1.807) is 25.1 Å². The van der Waals surface area contributed by atoms with Crippen LogP contribution in [0.1, 0.15) is 45.2 Å². The topological polar surface area (TPSA) is 87.6 Å². The molecule has 0 spiro atoms. The van der Waals surface area contributed by atoms with E-state index in [4.69, 9.17) is 0 Å². The lowest BCUT2D eigenvalue weighted by Crippen LogP contribution is -2.41. The van der Waals surface area contributed by atoms with Gasteiger partial charge in [0.2, 0.25) is 5.91 Å². The van der Waals surface area contributed by atoms with Crippen LogP contribution in [0.4, 0.5) is 0 Å². The van der Waals surface area contributed by atoms with E-state index >= 15 is 0 Å². The second-order valence-electron chi connectivity index (χ2n) is 8.12. The van der Waals surface area contributed by atoms with Gasteiger partial charge in [0.05, 0.1) is 4.90 Å². The second kappa shape index (κ2) is 7.99. The Morgan fingerprint density at radius 1 is 1.07 bits per heavy atom. The van der Waals surface area contributed by atoms with Crippen molar-refractivity contribution in [2.45, 2.75) is 56.5 Å². The van der Waals surface area contributed by atoms with Crippen LogP contribution < -0.4 is 10.0 Å². The summed E-state index contributed by atoms with van der Waals surface area (Å²) in [5.74, 6) is -0.0297. The highest BCUT2D eigenvalue weighted by Crippen LogP contribution is 2.28. The minimum atomic E-state index is -3.62. The third kappa shape index (κ3) is 4.67. The van der Waals surface area contributed by atoms with E-state index in [1.165, 1.54) is 11.6 Å². The Balaban J connectivity index is 1.68. The van der Waals surface area contributed by atoms with Gasteiger partial charge in [-0.1, -0.05) is 56.3 Å². The predicted octanol–water partition coefficient (Wildman–Crippen LogP) is 2.99. The molecule has 7 heteroatoms. The molecule has 1 heterocycles. The number of hydrogen-bond acceptors (Lipinski definition) is 4. The summed E-state index contributed by atoms with van der Waals surface area (Å²) < 4.78 is 26.8. The van der Waals surface area contributed by atoms with E-state index in [1.807, 2.05) is 25.1 Å². The van der Waals surface area contributed by atoms with Gasteiger partial charge in [-0.3, -0.25) is 14.5 Å². The molecule has 2 atom stereocenters. The first kappa shape index (κ1) is 21.0. The third-order valence-electron chi connectivity index (χ3n) is 5.13. The van der Waals surface area contributed by atoms with Crippen molar-refractivity contribution in [3.8, 4) is 0 Å². The molecule has 0 aliphatic carbocycles. The van der Waals surface area contributed by atoms with E-state index in [0.29, 0.717) is 5.56 Å². The summed E-state index contributed by atoms with van der Waals surface area (Å²) >= 11 is 0. The lowest BCUT2D eigenvalue weighted by atomic mass is 9.79. The number of rotatable bonds is 6. The molecule has 6 nitrogen and oxygen atoms in total.